The molecular formula is C7H7O5S-. The van der Waals surface area contributed by atoms with Crippen molar-refractivity contribution in [1.82, 2.24) is 0 Å². The Bertz CT molecular complexity index is 397. The molecule has 0 amide bonds. The summed E-state index contributed by atoms with van der Waals surface area (Å²) in [4.78, 5) is 0. The van der Waals surface area contributed by atoms with Gasteiger partial charge in [-0.25, -0.2) is 8.42 Å². The van der Waals surface area contributed by atoms with E-state index in [-0.39, 0.29) is 5.56 Å². The molecule has 0 aliphatic carbocycles. The fraction of sp³-hybridized carbons (Fsp3) is 0.143. The highest BCUT2D eigenvalue weighted by Gasteiger charge is 2.17. The zero-order valence-electron chi connectivity index (χ0n) is 6.41. The van der Waals surface area contributed by atoms with Crippen LogP contribution in [0.25, 0.3) is 0 Å². The molecule has 0 heterocycles. The van der Waals surface area contributed by atoms with Gasteiger partial charge in [0.1, 0.15) is 15.9 Å². The average molecular weight is 203 g/mol. The summed E-state index contributed by atoms with van der Waals surface area (Å²) in [7, 11) is -4.83. The van der Waals surface area contributed by atoms with Crippen molar-refractivity contribution in [3.8, 4) is 5.75 Å². The van der Waals surface area contributed by atoms with Crippen LogP contribution in [-0.2, 0) is 10.1 Å². The van der Waals surface area contributed by atoms with Crippen LogP contribution in [0.1, 0.15) is 11.0 Å². The minimum Gasteiger partial charge on any atom is -0.746 e. The Balaban J connectivity index is 3.17. The summed E-state index contributed by atoms with van der Waals surface area (Å²) < 4.78 is 31.1. The monoisotopic (exact) mass is 203 g/mol. The average Bonchev–Trinajstić information content (AvgIpc) is 2.02. The lowest BCUT2D eigenvalue weighted by molar-refractivity contribution is 0.231. The molecule has 0 aliphatic rings. The third-order valence-corrected chi connectivity index (χ3v) is 2.28. The van der Waals surface area contributed by atoms with E-state index >= 15 is 0 Å². The molecule has 5 nitrogen and oxygen atoms in total. The molecule has 0 saturated carbocycles. The second-order valence-corrected chi connectivity index (χ2v) is 3.84. The standard InChI is InChI=1S/C7H8O5S/c8-6-4-2-1-3-5(6)7(9)13(10,11)12/h1-4,7-9H,(H,10,11,12)/p-1. The third kappa shape index (κ3) is 2.18. The molecule has 0 aromatic heterocycles. The fourth-order valence-corrected chi connectivity index (χ4v) is 1.36. The van der Waals surface area contributed by atoms with Crippen LogP contribution in [0.15, 0.2) is 24.3 Å². The van der Waals surface area contributed by atoms with Crippen LogP contribution in [0.4, 0.5) is 0 Å². The molecule has 0 spiro atoms. The van der Waals surface area contributed by atoms with E-state index < -0.39 is 21.3 Å². The van der Waals surface area contributed by atoms with Crippen molar-refractivity contribution in [2.24, 2.45) is 0 Å². The van der Waals surface area contributed by atoms with Gasteiger partial charge in [-0.3, -0.25) is 0 Å². The van der Waals surface area contributed by atoms with Crippen molar-refractivity contribution >= 4 is 10.1 Å². The number of para-hydroxylation sites is 1. The van der Waals surface area contributed by atoms with Gasteiger partial charge >= 0.3 is 0 Å². The fourth-order valence-electron chi connectivity index (χ4n) is 0.852. The van der Waals surface area contributed by atoms with Crippen molar-refractivity contribution in [2.75, 3.05) is 0 Å². The lowest BCUT2D eigenvalue weighted by Crippen LogP contribution is -2.11. The van der Waals surface area contributed by atoms with E-state index in [1.54, 1.807) is 0 Å². The first-order chi connectivity index (χ1) is 5.93. The van der Waals surface area contributed by atoms with Crippen LogP contribution < -0.4 is 0 Å². The molecule has 1 aromatic rings. The number of hydrogen-bond donors (Lipinski definition) is 2. The molecule has 0 saturated heterocycles. The number of benzene rings is 1. The molecule has 72 valence electrons. The highest BCUT2D eigenvalue weighted by molar-refractivity contribution is 7.85. The third-order valence-electron chi connectivity index (χ3n) is 1.48. The lowest BCUT2D eigenvalue weighted by atomic mass is 10.2. The Morgan fingerprint density at radius 3 is 2.31 bits per heavy atom. The second kappa shape index (κ2) is 3.33. The number of hydrogen-bond acceptors (Lipinski definition) is 5. The Morgan fingerprint density at radius 1 is 1.31 bits per heavy atom. The van der Waals surface area contributed by atoms with E-state index in [2.05, 4.69) is 0 Å². The number of aliphatic hydroxyl groups excluding tert-OH is 1. The van der Waals surface area contributed by atoms with E-state index in [1.807, 2.05) is 0 Å². The number of phenols is 1. The van der Waals surface area contributed by atoms with E-state index in [0.29, 0.717) is 0 Å². The van der Waals surface area contributed by atoms with Crippen LogP contribution in [0.3, 0.4) is 0 Å². The predicted octanol–water partition coefficient (Wildman–Crippen LogP) is -0.0717. The van der Waals surface area contributed by atoms with Crippen molar-refractivity contribution in [2.45, 2.75) is 5.44 Å². The molecule has 13 heavy (non-hydrogen) atoms. The summed E-state index contributed by atoms with van der Waals surface area (Å²) in [6.45, 7) is 0. The van der Waals surface area contributed by atoms with Crippen molar-refractivity contribution in [3.63, 3.8) is 0 Å². The maximum atomic E-state index is 10.4. The Hall–Kier alpha value is -1.11. The Labute approximate surface area is 75.0 Å². The number of aromatic hydroxyl groups is 1. The summed E-state index contributed by atoms with van der Waals surface area (Å²) >= 11 is 0. The first-order valence-electron chi connectivity index (χ1n) is 3.33. The van der Waals surface area contributed by atoms with Crippen LogP contribution in [0.5, 0.6) is 5.75 Å². The highest BCUT2D eigenvalue weighted by atomic mass is 32.2. The summed E-state index contributed by atoms with van der Waals surface area (Å²) in [5.74, 6) is -0.422. The molecule has 0 bridgehead atoms. The normalized spacial score (nSPS) is 14.0. The highest BCUT2D eigenvalue weighted by Crippen LogP contribution is 2.26. The molecule has 6 heteroatoms. The van der Waals surface area contributed by atoms with Crippen molar-refractivity contribution in [1.29, 1.82) is 0 Å². The maximum absolute atomic E-state index is 10.4. The van der Waals surface area contributed by atoms with Crippen LogP contribution in [0, 0.1) is 0 Å². The van der Waals surface area contributed by atoms with Gasteiger partial charge in [-0.05, 0) is 6.07 Å². The van der Waals surface area contributed by atoms with Crippen molar-refractivity contribution in [3.05, 3.63) is 29.8 Å². The lowest BCUT2D eigenvalue weighted by Gasteiger charge is -2.15. The molecule has 1 aromatic carbocycles. The minimum atomic E-state index is -4.83. The SMILES string of the molecule is O=S(=O)([O-])C(O)c1ccccc1O. The van der Waals surface area contributed by atoms with Crippen LogP contribution >= 0.6 is 0 Å². The second-order valence-electron chi connectivity index (χ2n) is 2.40. The van der Waals surface area contributed by atoms with Gasteiger partial charge in [0.15, 0.2) is 5.44 Å². The smallest absolute Gasteiger partial charge is 0.172 e. The first kappa shape index (κ1) is 9.97. The van der Waals surface area contributed by atoms with Gasteiger partial charge in [-0.2, -0.15) is 0 Å². The van der Waals surface area contributed by atoms with Crippen LogP contribution in [-0.4, -0.2) is 23.2 Å². The maximum Gasteiger partial charge on any atom is 0.172 e. The number of phenolic OH excluding ortho intramolecular Hbond substituents is 1. The minimum absolute atomic E-state index is 0.308. The first-order valence-corrected chi connectivity index (χ1v) is 4.80. The van der Waals surface area contributed by atoms with Crippen LogP contribution in [0.2, 0.25) is 0 Å². The summed E-state index contributed by atoms with van der Waals surface area (Å²) in [6.07, 6.45) is 0. The number of rotatable bonds is 2. The molecule has 1 rings (SSSR count). The van der Waals surface area contributed by atoms with Gasteiger partial charge in [0.05, 0.1) is 0 Å². The molecule has 0 fully saturated rings. The topological polar surface area (TPSA) is 97.7 Å². The summed E-state index contributed by atoms with van der Waals surface area (Å²) in [5.41, 5.74) is -2.52. The van der Waals surface area contributed by atoms with Gasteiger partial charge in [0.25, 0.3) is 0 Å². The summed E-state index contributed by atoms with van der Waals surface area (Å²) in [6, 6.07) is 5.20. The zero-order chi connectivity index (χ0) is 10.1. The Morgan fingerprint density at radius 2 is 1.85 bits per heavy atom. The van der Waals surface area contributed by atoms with E-state index in [9.17, 15) is 13.0 Å². The Kier molecular flexibility index (Phi) is 2.55. The van der Waals surface area contributed by atoms with Gasteiger partial charge in [0, 0.05) is 5.56 Å². The summed E-state index contributed by atoms with van der Waals surface area (Å²) in [5, 5.41) is 18.1. The van der Waals surface area contributed by atoms with E-state index in [1.165, 1.54) is 18.2 Å². The van der Waals surface area contributed by atoms with Crippen molar-refractivity contribution < 1.29 is 23.2 Å². The van der Waals surface area contributed by atoms with Gasteiger partial charge in [0.2, 0.25) is 0 Å². The van der Waals surface area contributed by atoms with Gasteiger partial charge in [-0.1, -0.05) is 18.2 Å². The molecular weight excluding hydrogens is 196 g/mol. The zero-order valence-corrected chi connectivity index (χ0v) is 7.23. The predicted molar refractivity (Wildman–Crippen MR) is 42.8 cm³/mol. The van der Waals surface area contributed by atoms with Gasteiger partial charge in [-0.15, -0.1) is 0 Å². The molecule has 2 N–H and O–H groups in total. The van der Waals surface area contributed by atoms with Gasteiger partial charge < -0.3 is 14.8 Å². The number of aliphatic hydroxyl groups is 1. The largest absolute Gasteiger partial charge is 0.746 e. The molecule has 0 radical (unpaired) electrons. The molecule has 0 aliphatic heterocycles. The van der Waals surface area contributed by atoms with E-state index in [4.69, 9.17) is 10.2 Å². The van der Waals surface area contributed by atoms with E-state index in [0.717, 1.165) is 6.07 Å². The molecule has 1 unspecified atom stereocenters. The quantitative estimate of drug-likeness (QED) is 0.655. The molecule has 1 atom stereocenters.